The van der Waals surface area contributed by atoms with Crippen molar-refractivity contribution in [2.75, 3.05) is 6.67 Å². The first-order valence-corrected chi connectivity index (χ1v) is 2.80. The van der Waals surface area contributed by atoms with Gasteiger partial charge in [0.2, 0.25) is 0 Å². The van der Waals surface area contributed by atoms with Crippen molar-refractivity contribution < 1.29 is 19.4 Å². The predicted molar refractivity (Wildman–Crippen MR) is 32.2 cm³/mol. The highest BCUT2D eigenvalue weighted by Gasteiger charge is 2.15. The molecular weight excluding hydrogens is 141 g/mol. The molecule has 0 spiro atoms. The van der Waals surface area contributed by atoms with Crippen molar-refractivity contribution >= 4 is 5.97 Å². The number of halogens is 1. The third-order valence-electron chi connectivity index (χ3n) is 1.02. The SMILES string of the molecule is N[C@@H](CC(O)CF)C(=O)O. The van der Waals surface area contributed by atoms with Gasteiger partial charge in [-0.1, -0.05) is 0 Å². The fourth-order valence-corrected chi connectivity index (χ4v) is 0.457. The van der Waals surface area contributed by atoms with Gasteiger partial charge in [-0.25, -0.2) is 4.39 Å². The Labute approximate surface area is 57.5 Å². The van der Waals surface area contributed by atoms with E-state index in [1.165, 1.54) is 0 Å². The number of hydrogen-bond acceptors (Lipinski definition) is 3. The molecule has 0 amide bonds. The molecule has 2 atom stereocenters. The molecule has 4 N–H and O–H groups in total. The summed E-state index contributed by atoms with van der Waals surface area (Å²) in [7, 11) is 0. The summed E-state index contributed by atoms with van der Waals surface area (Å²) in [6.45, 7) is -0.957. The van der Waals surface area contributed by atoms with Gasteiger partial charge >= 0.3 is 5.97 Å². The molecule has 0 aromatic rings. The predicted octanol–water partition coefficient (Wildman–Crippen LogP) is -0.881. The molecule has 0 aromatic heterocycles. The average molecular weight is 151 g/mol. The van der Waals surface area contributed by atoms with Crippen LogP contribution in [-0.4, -0.2) is 35.0 Å². The highest BCUT2D eigenvalue weighted by Crippen LogP contribution is 1.96. The molecule has 0 aliphatic heterocycles. The van der Waals surface area contributed by atoms with Gasteiger partial charge in [-0.3, -0.25) is 4.79 Å². The number of aliphatic hydroxyl groups is 1. The second kappa shape index (κ2) is 4.19. The van der Waals surface area contributed by atoms with Crippen LogP contribution in [-0.2, 0) is 4.79 Å². The Hall–Kier alpha value is -0.680. The number of hydrogen-bond donors (Lipinski definition) is 3. The van der Waals surface area contributed by atoms with E-state index in [1.54, 1.807) is 0 Å². The summed E-state index contributed by atoms with van der Waals surface area (Å²) in [6.07, 6.45) is -1.50. The fraction of sp³-hybridized carbons (Fsp3) is 0.800. The van der Waals surface area contributed by atoms with Crippen LogP contribution in [0.15, 0.2) is 0 Å². The van der Waals surface area contributed by atoms with E-state index in [0.29, 0.717) is 0 Å². The first-order valence-electron chi connectivity index (χ1n) is 2.80. The smallest absolute Gasteiger partial charge is 0.320 e. The van der Waals surface area contributed by atoms with Gasteiger partial charge in [0.05, 0.1) is 6.10 Å². The summed E-state index contributed by atoms with van der Waals surface area (Å²) in [5.41, 5.74) is 4.97. The van der Waals surface area contributed by atoms with Crippen LogP contribution < -0.4 is 5.73 Å². The zero-order chi connectivity index (χ0) is 8.15. The van der Waals surface area contributed by atoms with Gasteiger partial charge in [0.15, 0.2) is 0 Å². The third-order valence-corrected chi connectivity index (χ3v) is 1.02. The molecule has 5 heteroatoms. The molecule has 0 radical (unpaired) electrons. The van der Waals surface area contributed by atoms with Crippen LogP contribution in [0.4, 0.5) is 4.39 Å². The van der Waals surface area contributed by atoms with Gasteiger partial charge in [0, 0.05) is 6.42 Å². The van der Waals surface area contributed by atoms with E-state index in [-0.39, 0.29) is 6.42 Å². The van der Waals surface area contributed by atoms with Crippen molar-refractivity contribution in [1.82, 2.24) is 0 Å². The maximum Gasteiger partial charge on any atom is 0.320 e. The molecule has 60 valence electrons. The molecule has 0 aromatic carbocycles. The molecule has 0 fully saturated rings. The summed E-state index contributed by atoms with van der Waals surface area (Å²) in [5.74, 6) is -1.23. The summed E-state index contributed by atoms with van der Waals surface area (Å²) in [4.78, 5) is 9.99. The summed E-state index contributed by atoms with van der Waals surface area (Å²) < 4.78 is 11.5. The van der Waals surface area contributed by atoms with Crippen molar-refractivity contribution in [1.29, 1.82) is 0 Å². The van der Waals surface area contributed by atoms with Crippen LogP contribution >= 0.6 is 0 Å². The Morgan fingerprint density at radius 3 is 2.50 bits per heavy atom. The number of carboxylic acids is 1. The molecule has 1 unspecified atom stereocenters. The maximum atomic E-state index is 11.5. The van der Waals surface area contributed by atoms with Gasteiger partial charge in [-0.2, -0.15) is 0 Å². The quantitative estimate of drug-likeness (QED) is 0.487. The zero-order valence-corrected chi connectivity index (χ0v) is 5.33. The lowest BCUT2D eigenvalue weighted by atomic mass is 10.1. The Morgan fingerprint density at radius 2 is 2.20 bits per heavy atom. The molecule has 0 saturated carbocycles. The van der Waals surface area contributed by atoms with E-state index < -0.39 is 24.8 Å². The summed E-state index contributed by atoms with van der Waals surface area (Å²) in [5, 5.41) is 16.7. The number of carboxylic acid groups (broad SMARTS) is 1. The number of carbonyl (C=O) groups is 1. The van der Waals surface area contributed by atoms with Crippen molar-refractivity contribution in [3.05, 3.63) is 0 Å². The van der Waals surface area contributed by atoms with E-state index in [9.17, 15) is 9.18 Å². The lowest BCUT2D eigenvalue weighted by Crippen LogP contribution is -2.34. The van der Waals surface area contributed by atoms with E-state index in [1.807, 2.05) is 0 Å². The molecule has 0 heterocycles. The summed E-state index contributed by atoms with van der Waals surface area (Å²) in [6, 6.07) is -1.18. The van der Waals surface area contributed by atoms with Gasteiger partial charge in [0.25, 0.3) is 0 Å². The summed E-state index contributed by atoms with van der Waals surface area (Å²) >= 11 is 0. The minimum atomic E-state index is -1.26. The van der Waals surface area contributed by atoms with Crippen LogP contribution in [0.3, 0.4) is 0 Å². The molecule has 10 heavy (non-hydrogen) atoms. The van der Waals surface area contributed by atoms with Crippen LogP contribution in [0.1, 0.15) is 6.42 Å². The molecule has 0 aliphatic carbocycles. The van der Waals surface area contributed by atoms with Crippen molar-refractivity contribution in [2.24, 2.45) is 5.73 Å². The van der Waals surface area contributed by atoms with Gasteiger partial charge in [0.1, 0.15) is 12.7 Å². The molecule has 0 bridgehead atoms. The van der Waals surface area contributed by atoms with Gasteiger partial charge in [-0.05, 0) is 0 Å². The highest BCUT2D eigenvalue weighted by molar-refractivity contribution is 5.73. The van der Waals surface area contributed by atoms with E-state index in [4.69, 9.17) is 15.9 Å². The molecule has 4 nitrogen and oxygen atoms in total. The van der Waals surface area contributed by atoms with Crippen LogP contribution in [0.5, 0.6) is 0 Å². The van der Waals surface area contributed by atoms with E-state index in [2.05, 4.69) is 0 Å². The minimum Gasteiger partial charge on any atom is -0.480 e. The first kappa shape index (κ1) is 9.32. The fourth-order valence-electron chi connectivity index (χ4n) is 0.457. The molecule has 0 aliphatic rings. The van der Waals surface area contributed by atoms with Crippen molar-refractivity contribution in [3.8, 4) is 0 Å². The van der Waals surface area contributed by atoms with Crippen LogP contribution in [0.2, 0.25) is 0 Å². The maximum absolute atomic E-state index is 11.5. The zero-order valence-electron chi connectivity index (χ0n) is 5.33. The monoisotopic (exact) mass is 151 g/mol. The van der Waals surface area contributed by atoms with E-state index in [0.717, 1.165) is 0 Å². The van der Waals surface area contributed by atoms with Gasteiger partial charge in [-0.15, -0.1) is 0 Å². The second-order valence-electron chi connectivity index (χ2n) is 1.99. The number of aliphatic carboxylic acids is 1. The largest absolute Gasteiger partial charge is 0.480 e. The minimum absolute atomic E-state index is 0.244. The van der Waals surface area contributed by atoms with Crippen LogP contribution in [0.25, 0.3) is 0 Å². The average Bonchev–Trinajstić information content (AvgIpc) is 1.87. The standard InChI is InChI=1S/C5H10FNO3/c6-2-3(8)1-4(7)5(9)10/h3-4,8H,1-2,7H2,(H,9,10)/t3?,4-/m0/s1. The third kappa shape index (κ3) is 3.37. The van der Waals surface area contributed by atoms with Gasteiger partial charge < -0.3 is 15.9 Å². The lowest BCUT2D eigenvalue weighted by Gasteiger charge is -2.08. The Kier molecular flexibility index (Phi) is 3.90. The van der Waals surface area contributed by atoms with Crippen molar-refractivity contribution in [3.63, 3.8) is 0 Å². The number of aliphatic hydroxyl groups excluding tert-OH is 1. The first-order chi connectivity index (χ1) is 4.57. The van der Waals surface area contributed by atoms with Crippen molar-refractivity contribution in [2.45, 2.75) is 18.6 Å². The lowest BCUT2D eigenvalue weighted by molar-refractivity contribution is -0.139. The van der Waals surface area contributed by atoms with Crippen LogP contribution in [0, 0.1) is 0 Å². The Morgan fingerprint density at radius 1 is 1.70 bits per heavy atom. The topological polar surface area (TPSA) is 83.5 Å². The normalized spacial score (nSPS) is 16.3. The molecular formula is C5H10FNO3. The van der Waals surface area contributed by atoms with E-state index >= 15 is 0 Å². The second-order valence-corrected chi connectivity index (χ2v) is 1.99. The molecule has 0 rings (SSSR count). The molecule has 0 saturated heterocycles. The number of nitrogens with two attached hydrogens (primary N) is 1. The number of alkyl halides is 1. The number of rotatable bonds is 4. The highest BCUT2D eigenvalue weighted by atomic mass is 19.1. The Balaban J connectivity index is 3.56. The Bertz CT molecular complexity index is 119.